The lowest BCUT2D eigenvalue weighted by atomic mass is 10.0. The first-order chi connectivity index (χ1) is 12.8. The van der Waals surface area contributed by atoms with Crippen molar-refractivity contribution < 1.29 is 18.3 Å². The molecular weight excluding hydrogens is 386 g/mol. The summed E-state index contributed by atoms with van der Waals surface area (Å²) in [6.07, 6.45) is 0. The van der Waals surface area contributed by atoms with Crippen LogP contribution in [0.1, 0.15) is 15.9 Å². The van der Waals surface area contributed by atoms with Gasteiger partial charge in [0.25, 0.3) is 10.0 Å². The number of likely N-dealkylation sites (N-methyl/N-ethyl adjacent to an activating group) is 1. The molecule has 0 bridgehead atoms. The molecule has 0 aliphatic carbocycles. The SMILES string of the molecule is CN1/C(=C(/O)c2ccc3ccccc3c2)C(=O)c2ccc(Cl)cc2S1(=O)=O. The second kappa shape index (κ2) is 6.11. The van der Waals surface area contributed by atoms with Crippen LogP contribution in [0, 0.1) is 0 Å². The summed E-state index contributed by atoms with van der Waals surface area (Å²) in [5.41, 5.74) is 0.0523. The maximum Gasteiger partial charge on any atom is 0.265 e. The number of nitrogens with zero attached hydrogens (tertiary/aromatic N) is 1. The molecule has 27 heavy (non-hydrogen) atoms. The number of sulfonamides is 1. The Morgan fingerprint density at radius 2 is 1.70 bits per heavy atom. The highest BCUT2D eigenvalue weighted by atomic mass is 35.5. The summed E-state index contributed by atoms with van der Waals surface area (Å²) in [4.78, 5) is 12.8. The molecule has 5 nitrogen and oxygen atoms in total. The van der Waals surface area contributed by atoms with E-state index in [4.69, 9.17) is 11.6 Å². The van der Waals surface area contributed by atoms with E-state index in [1.54, 1.807) is 18.2 Å². The van der Waals surface area contributed by atoms with Crippen molar-refractivity contribution >= 4 is 43.9 Å². The van der Waals surface area contributed by atoms with Crippen molar-refractivity contribution in [2.75, 3.05) is 7.05 Å². The van der Waals surface area contributed by atoms with Gasteiger partial charge in [0.15, 0.2) is 5.76 Å². The van der Waals surface area contributed by atoms with Crippen LogP contribution >= 0.6 is 11.6 Å². The fraction of sp³-hybridized carbons (Fsp3) is 0.0500. The number of ketones is 1. The average molecular weight is 400 g/mol. The Bertz CT molecular complexity index is 1250. The molecule has 0 fully saturated rings. The standard InChI is InChI=1S/C20H14ClNO4S/c1-22-18(19(23)14-7-6-12-4-2-3-5-13(12)10-14)20(24)16-9-8-15(21)11-17(16)27(22,25)26/h2-11,23H,1H3/b19-18+. The molecule has 7 heteroatoms. The van der Waals surface area contributed by atoms with Gasteiger partial charge in [0.05, 0.1) is 0 Å². The Morgan fingerprint density at radius 3 is 2.44 bits per heavy atom. The first kappa shape index (κ1) is 17.6. The zero-order valence-electron chi connectivity index (χ0n) is 14.2. The molecule has 0 atom stereocenters. The van der Waals surface area contributed by atoms with E-state index in [2.05, 4.69) is 0 Å². The number of aliphatic hydroxyl groups is 1. The second-order valence-electron chi connectivity index (χ2n) is 6.20. The summed E-state index contributed by atoms with van der Waals surface area (Å²) < 4.78 is 26.5. The van der Waals surface area contributed by atoms with Gasteiger partial charge in [0, 0.05) is 23.2 Å². The van der Waals surface area contributed by atoms with Gasteiger partial charge in [0.2, 0.25) is 5.78 Å². The number of carbonyl (C=O) groups is 1. The van der Waals surface area contributed by atoms with Crippen molar-refractivity contribution in [3.63, 3.8) is 0 Å². The number of benzene rings is 3. The van der Waals surface area contributed by atoms with Crippen molar-refractivity contribution in [2.24, 2.45) is 0 Å². The maximum atomic E-state index is 12.9. The predicted molar refractivity (Wildman–Crippen MR) is 104 cm³/mol. The highest BCUT2D eigenvalue weighted by Crippen LogP contribution is 2.35. The number of halogens is 1. The largest absolute Gasteiger partial charge is 0.505 e. The average Bonchev–Trinajstić information content (AvgIpc) is 2.66. The molecule has 1 aliphatic rings. The van der Waals surface area contributed by atoms with Crippen molar-refractivity contribution in [3.05, 3.63) is 82.5 Å². The van der Waals surface area contributed by atoms with Crippen LogP contribution in [0.2, 0.25) is 5.02 Å². The van der Waals surface area contributed by atoms with E-state index in [0.29, 0.717) is 5.56 Å². The van der Waals surface area contributed by atoms with Crippen molar-refractivity contribution in [2.45, 2.75) is 4.90 Å². The molecule has 1 N–H and O–H groups in total. The van der Waals surface area contributed by atoms with Gasteiger partial charge in [-0.1, -0.05) is 48.0 Å². The number of allylic oxidation sites excluding steroid dienone is 1. The topological polar surface area (TPSA) is 74.7 Å². The highest BCUT2D eigenvalue weighted by molar-refractivity contribution is 7.89. The molecule has 0 spiro atoms. The monoisotopic (exact) mass is 399 g/mol. The molecule has 0 saturated carbocycles. The van der Waals surface area contributed by atoms with Crippen LogP contribution < -0.4 is 0 Å². The molecule has 1 aliphatic heterocycles. The lowest BCUT2D eigenvalue weighted by molar-refractivity contribution is 0.100. The number of hydrogen-bond acceptors (Lipinski definition) is 4. The van der Waals surface area contributed by atoms with Crippen LogP contribution in [0.15, 0.2) is 71.3 Å². The molecule has 3 aromatic rings. The van der Waals surface area contributed by atoms with Crippen LogP contribution in [0.5, 0.6) is 0 Å². The van der Waals surface area contributed by atoms with Gasteiger partial charge in [-0.15, -0.1) is 0 Å². The number of fused-ring (bicyclic) bond motifs is 2. The van der Waals surface area contributed by atoms with Crippen LogP contribution in [0.4, 0.5) is 0 Å². The lowest BCUT2D eigenvalue weighted by Crippen LogP contribution is -2.37. The van der Waals surface area contributed by atoms with Crippen LogP contribution in [-0.2, 0) is 10.0 Å². The van der Waals surface area contributed by atoms with E-state index >= 15 is 0 Å². The Kier molecular flexibility index (Phi) is 3.98. The van der Waals surface area contributed by atoms with E-state index in [1.165, 1.54) is 25.2 Å². The predicted octanol–water partition coefficient (Wildman–Crippen LogP) is 4.24. The third-order valence-corrected chi connectivity index (χ3v) is 6.64. The fourth-order valence-corrected chi connectivity index (χ4v) is 4.82. The third kappa shape index (κ3) is 2.69. The summed E-state index contributed by atoms with van der Waals surface area (Å²) in [5.74, 6) is -0.970. The van der Waals surface area contributed by atoms with Crippen LogP contribution in [0.25, 0.3) is 16.5 Å². The van der Waals surface area contributed by atoms with E-state index in [-0.39, 0.29) is 21.2 Å². The molecule has 0 amide bonds. The minimum absolute atomic E-state index is 0.0140. The molecule has 1 heterocycles. The van der Waals surface area contributed by atoms with E-state index in [9.17, 15) is 18.3 Å². The lowest BCUT2D eigenvalue weighted by Gasteiger charge is -2.28. The Labute approximate surface area is 161 Å². The summed E-state index contributed by atoms with van der Waals surface area (Å²) in [7, 11) is -2.77. The normalized spacial score (nSPS) is 17.7. The summed E-state index contributed by atoms with van der Waals surface area (Å²) in [6.45, 7) is 0. The fourth-order valence-electron chi connectivity index (χ4n) is 3.17. The van der Waals surface area contributed by atoms with Crippen molar-refractivity contribution in [1.82, 2.24) is 4.31 Å². The Morgan fingerprint density at radius 1 is 1.00 bits per heavy atom. The van der Waals surface area contributed by atoms with Crippen molar-refractivity contribution in [3.8, 4) is 0 Å². The smallest absolute Gasteiger partial charge is 0.265 e. The van der Waals surface area contributed by atoms with E-state index in [1.807, 2.05) is 24.3 Å². The Hall–Kier alpha value is -2.83. The molecule has 3 aromatic carbocycles. The van der Waals surface area contributed by atoms with E-state index < -0.39 is 21.6 Å². The van der Waals surface area contributed by atoms with Gasteiger partial charge >= 0.3 is 0 Å². The molecule has 0 radical (unpaired) electrons. The third-order valence-electron chi connectivity index (χ3n) is 4.60. The summed E-state index contributed by atoms with van der Waals surface area (Å²) in [6, 6.07) is 16.8. The number of carbonyl (C=O) groups excluding carboxylic acids is 1. The number of Topliss-reactive ketones (excluding diaryl/α,β-unsaturated/α-hetero) is 1. The number of rotatable bonds is 1. The Balaban J connectivity index is 1.96. The zero-order chi connectivity index (χ0) is 19.3. The zero-order valence-corrected chi connectivity index (χ0v) is 15.8. The highest BCUT2D eigenvalue weighted by Gasteiger charge is 2.39. The van der Waals surface area contributed by atoms with Crippen LogP contribution in [-0.4, -0.2) is 30.7 Å². The maximum absolute atomic E-state index is 12.9. The summed E-state index contributed by atoms with van der Waals surface area (Å²) >= 11 is 5.89. The second-order valence-corrected chi connectivity index (χ2v) is 8.58. The van der Waals surface area contributed by atoms with Gasteiger partial charge in [-0.3, -0.25) is 9.10 Å². The first-order valence-electron chi connectivity index (χ1n) is 8.06. The number of aliphatic hydroxyl groups excluding tert-OH is 1. The molecule has 0 unspecified atom stereocenters. The molecule has 0 saturated heterocycles. The summed E-state index contributed by atoms with van der Waals surface area (Å²) in [5, 5.41) is 12.8. The van der Waals surface area contributed by atoms with Crippen LogP contribution in [0.3, 0.4) is 0 Å². The molecule has 4 rings (SSSR count). The molecule has 136 valence electrons. The minimum Gasteiger partial charge on any atom is -0.505 e. The number of hydrogen-bond donors (Lipinski definition) is 1. The molecular formula is C20H14ClNO4S. The molecule has 0 aromatic heterocycles. The van der Waals surface area contributed by atoms with Gasteiger partial charge in [-0.2, -0.15) is 0 Å². The van der Waals surface area contributed by atoms with Gasteiger partial charge in [-0.25, -0.2) is 8.42 Å². The first-order valence-corrected chi connectivity index (χ1v) is 9.88. The van der Waals surface area contributed by atoms with E-state index in [0.717, 1.165) is 15.1 Å². The van der Waals surface area contributed by atoms with Gasteiger partial charge in [0.1, 0.15) is 10.6 Å². The van der Waals surface area contributed by atoms with Gasteiger partial charge < -0.3 is 5.11 Å². The quantitative estimate of drug-likeness (QED) is 0.490. The minimum atomic E-state index is -4.01. The van der Waals surface area contributed by atoms with Crippen molar-refractivity contribution in [1.29, 1.82) is 0 Å². The van der Waals surface area contributed by atoms with Gasteiger partial charge in [-0.05, 0) is 35.0 Å².